The van der Waals surface area contributed by atoms with Crippen molar-refractivity contribution in [2.24, 2.45) is 5.73 Å². The number of nitrogens with one attached hydrogen (secondary N) is 1. The van der Waals surface area contributed by atoms with Gasteiger partial charge in [0.25, 0.3) is 0 Å². The van der Waals surface area contributed by atoms with Gasteiger partial charge in [0.15, 0.2) is 0 Å². The molecule has 72 valence electrons. The molecule has 0 spiro atoms. The van der Waals surface area contributed by atoms with Crippen molar-refractivity contribution >= 4 is 11.9 Å². The van der Waals surface area contributed by atoms with E-state index >= 15 is 0 Å². The summed E-state index contributed by atoms with van der Waals surface area (Å²) in [6, 6.07) is 0.867. The van der Waals surface area contributed by atoms with E-state index < -0.39 is 11.9 Å². The van der Waals surface area contributed by atoms with Crippen molar-refractivity contribution < 1.29 is 9.59 Å². The van der Waals surface area contributed by atoms with Crippen LogP contribution in [0.1, 0.15) is 5.82 Å². The molecule has 1 aromatic heterocycles. The second kappa shape index (κ2) is 4.04. The van der Waals surface area contributed by atoms with Crippen LogP contribution >= 0.6 is 0 Å². The van der Waals surface area contributed by atoms with E-state index in [4.69, 9.17) is 11.0 Å². The molecule has 0 fully saturated rings. The van der Waals surface area contributed by atoms with Gasteiger partial charge in [-0.2, -0.15) is 5.26 Å². The molecule has 0 saturated heterocycles. The van der Waals surface area contributed by atoms with Gasteiger partial charge in [-0.1, -0.05) is 0 Å². The number of hydrogen-bond donors (Lipinski definition) is 2. The maximum absolute atomic E-state index is 11.0. The minimum atomic E-state index is -0.923. The molecular formula is C7H7N5O2. The normalized spacial score (nSPS) is 9.07. The van der Waals surface area contributed by atoms with Crippen LogP contribution in [0.4, 0.5) is 4.79 Å². The predicted octanol–water partition coefficient (Wildman–Crippen LogP) is -1.05. The van der Waals surface area contributed by atoms with Crippen LogP contribution in [0.5, 0.6) is 0 Å². The summed E-state index contributed by atoms with van der Waals surface area (Å²) < 4.78 is 1.30. The zero-order valence-corrected chi connectivity index (χ0v) is 7.10. The van der Waals surface area contributed by atoms with E-state index in [2.05, 4.69) is 4.98 Å². The third-order valence-electron chi connectivity index (χ3n) is 1.39. The molecule has 3 amide bonds. The summed E-state index contributed by atoms with van der Waals surface area (Å²) in [5.41, 5.74) is 4.73. The second-order valence-electron chi connectivity index (χ2n) is 2.40. The van der Waals surface area contributed by atoms with Crippen LogP contribution in [0.2, 0.25) is 0 Å². The van der Waals surface area contributed by atoms with Gasteiger partial charge in [-0.3, -0.25) is 10.1 Å². The Morgan fingerprint density at radius 1 is 1.71 bits per heavy atom. The highest BCUT2D eigenvalue weighted by Crippen LogP contribution is 1.94. The van der Waals surface area contributed by atoms with Crippen LogP contribution in [-0.2, 0) is 11.3 Å². The third-order valence-corrected chi connectivity index (χ3v) is 1.39. The van der Waals surface area contributed by atoms with E-state index in [0.717, 1.165) is 0 Å². The summed E-state index contributed by atoms with van der Waals surface area (Å²) in [7, 11) is 0. The van der Waals surface area contributed by atoms with E-state index in [0.29, 0.717) is 0 Å². The monoisotopic (exact) mass is 193 g/mol. The highest BCUT2D eigenvalue weighted by atomic mass is 16.2. The summed E-state index contributed by atoms with van der Waals surface area (Å²) in [6.45, 7) is -0.161. The van der Waals surface area contributed by atoms with Crippen molar-refractivity contribution in [3.63, 3.8) is 0 Å². The molecule has 3 N–H and O–H groups in total. The SMILES string of the molecule is N#Cc1nccn1CC(=O)NC(N)=O. The Bertz CT molecular complexity index is 402. The van der Waals surface area contributed by atoms with Gasteiger partial charge in [-0.25, -0.2) is 9.78 Å². The lowest BCUT2D eigenvalue weighted by Crippen LogP contribution is -2.37. The van der Waals surface area contributed by atoms with Crippen molar-refractivity contribution in [2.45, 2.75) is 6.54 Å². The number of rotatable bonds is 2. The molecule has 1 aromatic rings. The molecule has 7 heteroatoms. The van der Waals surface area contributed by atoms with Crippen LogP contribution in [-0.4, -0.2) is 21.5 Å². The smallest absolute Gasteiger partial charge is 0.318 e. The number of primary amides is 1. The minimum absolute atomic E-state index is 0.102. The van der Waals surface area contributed by atoms with Gasteiger partial charge in [0.1, 0.15) is 12.6 Å². The van der Waals surface area contributed by atoms with E-state index in [9.17, 15) is 9.59 Å². The van der Waals surface area contributed by atoms with E-state index in [1.165, 1.54) is 17.0 Å². The maximum atomic E-state index is 11.0. The maximum Gasteiger partial charge on any atom is 0.318 e. The van der Waals surface area contributed by atoms with Gasteiger partial charge in [-0.05, 0) is 0 Å². The predicted molar refractivity (Wildman–Crippen MR) is 44.7 cm³/mol. The molecule has 0 aliphatic rings. The Balaban J connectivity index is 2.66. The number of nitrogens with zero attached hydrogens (tertiary/aromatic N) is 3. The Hall–Kier alpha value is -2.36. The summed E-state index contributed by atoms with van der Waals surface area (Å²) in [6.07, 6.45) is 2.84. The molecule has 0 aliphatic carbocycles. The lowest BCUT2D eigenvalue weighted by atomic mass is 10.5. The minimum Gasteiger partial charge on any atom is -0.351 e. The molecule has 0 aromatic carbocycles. The highest BCUT2D eigenvalue weighted by Gasteiger charge is 2.07. The molecule has 0 atom stereocenters. The Morgan fingerprint density at radius 2 is 2.43 bits per heavy atom. The molecule has 1 rings (SSSR count). The number of urea groups is 1. The van der Waals surface area contributed by atoms with Crippen molar-refractivity contribution in [1.82, 2.24) is 14.9 Å². The van der Waals surface area contributed by atoms with Gasteiger partial charge in [0.05, 0.1) is 0 Å². The van der Waals surface area contributed by atoms with Crippen LogP contribution in [0, 0.1) is 11.3 Å². The van der Waals surface area contributed by atoms with E-state index in [-0.39, 0.29) is 12.4 Å². The summed E-state index contributed by atoms with van der Waals surface area (Å²) in [4.78, 5) is 25.0. The van der Waals surface area contributed by atoms with E-state index in [1.54, 1.807) is 6.07 Å². The first kappa shape index (κ1) is 9.73. The first-order chi connectivity index (χ1) is 6.63. The van der Waals surface area contributed by atoms with Crippen LogP contribution < -0.4 is 11.1 Å². The van der Waals surface area contributed by atoms with Crippen molar-refractivity contribution in [3.8, 4) is 6.07 Å². The topological polar surface area (TPSA) is 114 Å². The van der Waals surface area contributed by atoms with Gasteiger partial charge < -0.3 is 10.3 Å². The van der Waals surface area contributed by atoms with Crippen LogP contribution in [0.25, 0.3) is 0 Å². The molecule has 0 bridgehead atoms. The number of imidazole rings is 1. The van der Waals surface area contributed by atoms with Crippen molar-refractivity contribution in [2.75, 3.05) is 0 Å². The summed E-state index contributed by atoms with van der Waals surface area (Å²) >= 11 is 0. The zero-order valence-electron chi connectivity index (χ0n) is 7.10. The third kappa shape index (κ3) is 2.31. The molecule has 0 radical (unpaired) electrons. The molecule has 14 heavy (non-hydrogen) atoms. The van der Waals surface area contributed by atoms with Crippen LogP contribution in [0.15, 0.2) is 12.4 Å². The molecular weight excluding hydrogens is 186 g/mol. The lowest BCUT2D eigenvalue weighted by Gasteiger charge is -2.01. The zero-order chi connectivity index (χ0) is 10.6. The Kier molecular flexibility index (Phi) is 2.81. The fourth-order valence-electron chi connectivity index (χ4n) is 0.882. The number of carbonyl (C=O) groups excluding carboxylic acids is 2. The van der Waals surface area contributed by atoms with Gasteiger partial charge in [0.2, 0.25) is 11.7 Å². The fraction of sp³-hybridized carbons (Fsp3) is 0.143. The molecule has 7 nitrogen and oxygen atoms in total. The lowest BCUT2D eigenvalue weighted by molar-refractivity contribution is -0.120. The van der Waals surface area contributed by atoms with Gasteiger partial charge in [-0.15, -0.1) is 0 Å². The molecule has 1 heterocycles. The fourth-order valence-corrected chi connectivity index (χ4v) is 0.882. The second-order valence-corrected chi connectivity index (χ2v) is 2.40. The number of amides is 3. The molecule has 0 aliphatic heterocycles. The first-order valence-electron chi connectivity index (χ1n) is 3.64. The van der Waals surface area contributed by atoms with Crippen molar-refractivity contribution in [1.29, 1.82) is 5.26 Å². The Labute approximate surface area is 79.1 Å². The van der Waals surface area contributed by atoms with Gasteiger partial charge >= 0.3 is 6.03 Å². The van der Waals surface area contributed by atoms with Gasteiger partial charge in [0, 0.05) is 12.4 Å². The average molecular weight is 193 g/mol. The van der Waals surface area contributed by atoms with Crippen LogP contribution in [0.3, 0.4) is 0 Å². The first-order valence-corrected chi connectivity index (χ1v) is 3.64. The van der Waals surface area contributed by atoms with Crippen molar-refractivity contribution in [3.05, 3.63) is 18.2 Å². The number of nitriles is 1. The van der Waals surface area contributed by atoms with E-state index in [1.807, 2.05) is 5.32 Å². The average Bonchev–Trinajstić information content (AvgIpc) is 2.50. The highest BCUT2D eigenvalue weighted by molar-refractivity contribution is 5.93. The summed E-state index contributed by atoms with van der Waals surface area (Å²) in [5.74, 6) is -0.489. The largest absolute Gasteiger partial charge is 0.351 e. The Morgan fingerprint density at radius 3 is 3.00 bits per heavy atom. The molecule has 0 saturated carbocycles. The number of carbonyl (C=O) groups is 2. The number of imide groups is 1. The number of aromatic nitrogens is 2. The standard InChI is InChI=1S/C7H7N5O2/c8-3-5-10-1-2-12(5)4-6(13)11-7(9)14/h1-2H,4H2,(H3,9,11,13,14). The molecule has 0 unspecified atom stereocenters. The number of nitrogens with two attached hydrogens (primary N) is 1. The number of hydrogen-bond acceptors (Lipinski definition) is 4. The quantitative estimate of drug-likeness (QED) is 0.623. The summed E-state index contributed by atoms with van der Waals surface area (Å²) in [5, 5.41) is 10.4.